The molecule has 2 aliphatic heterocycles. The molecular weight excluding hydrogens is 826 g/mol. The number of hydrogen-bond donors (Lipinski definition) is 0. The van der Waals surface area contributed by atoms with Gasteiger partial charge in [-0.2, -0.15) is 0 Å². The summed E-state index contributed by atoms with van der Waals surface area (Å²) in [5.41, 5.74) is 17.1. The second-order valence-electron chi connectivity index (χ2n) is 18.1. The van der Waals surface area contributed by atoms with Crippen LogP contribution in [-0.2, 0) is 0 Å². The Balaban J connectivity index is 1.18. The first-order chi connectivity index (χ1) is 33.1. The highest BCUT2D eigenvalue weighted by Crippen LogP contribution is 2.47. The summed E-state index contributed by atoms with van der Waals surface area (Å²) in [7, 11) is -2.90. The lowest BCUT2D eigenvalue weighted by molar-refractivity contribution is 1.15. The summed E-state index contributed by atoms with van der Waals surface area (Å²) >= 11 is 0. The van der Waals surface area contributed by atoms with E-state index in [1.807, 2.05) is 0 Å². The monoisotopic (exact) mass is 871 g/mol. The third-order valence-electron chi connectivity index (χ3n) is 14.5. The van der Waals surface area contributed by atoms with E-state index in [-0.39, 0.29) is 6.71 Å². The first-order valence-corrected chi connectivity index (χ1v) is 25.4. The SMILES string of the molecule is Cc1cccc(C)c1N1c2ccc([Si](c3ccccc3)(c3ccccc3)c3ccccc3)cc2B2c3ccccc3N(c3ccccc3)c3cc(-n4c5ccccc5c5ccccc54)cc1c32. The predicted molar refractivity (Wildman–Crippen MR) is 288 cm³/mol. The maximum absolute atomic E-state index is 2.90. The molecule has 0 unspecified atom stereocenters. The third kappa shape index (κ3) is 5.84. The Kier molecular flexibility index (Phi) is 9.09. The molecule has 0 saturated heterocycles. The van der Waals surface area contributed by atoms with Gasteiger partial charge in [-0.05, 0) is 111 Å². The number of fused-ring (bicyclic) bond motifs is 7. The van der Waals surface area contributed by atoms with Crippen molar-refractivity contribution in [3.8, 4) is 5.69 Å². The average Bonchev–Trinajstić information content (AvgIpc) is 3.72. The third-order valence-corrected chi connectivity index (χ3v) is 19.3. The van der Waals surface area contributed by atoms with E-state index in [0.29, 0.717) is 0 Å². The van der Waals surface area contributed by atoms with Crippen LogP contribution in [0.4, 0.5) is 34.1 Å². The highest BCUT2D eigenvalue weighted by molar-refractivity contribution is 7.20. The molecular formula is C62H46BN3Si. The van der Waals surface area contributed by atoms with Crippen LogP contribution in [-0.4, -0.2) is 19.4 Å². The number of nitrogens with zero attached hydrogens (tertiary/aromatic N) is 3. The minimum Gasteiger partial charge on any atom is -0.311 e. The van der Waals surface area contributed by atoms with Gasteiger partial charge in [-0.3, -0.25) is 0 Å². The Morgan fingerprint density at radius 1 is 0.343 bits per heavy atom. The van der Waals surface area contributed by atoms with Crippen LogP contribution >= 0.6 is 0 Å². The first-order valence-electron chi connectivity index (χ1n) is 23.4. The van der Waals surface area contributed by atoms with Gasteiger partial charge in [-0.1, -0.05) is 194 Å². The highest BCUT2D eigenvalue weighted by atomic mass is 28.3. The molecule has 0 aliphatic carbocycles. The summed E-state index contributed by atoms with van der Waals surface area (Å²) in [5, 5.41) is 7.97. The zero-order chi connectivity index (χ0) is 44.6. The van der Waals surface area contributed by atoms with Crippen LogP contribution in [0, 0.1) is 13.8 Å². The lowest BCUT2D eigenvalue weighted by Crippen LogP contribution is -2.75. The van der Waals surface area contributed by atoms with Gasteiger partial charge in [0.1, 0.15) is 0 Å². The van der Waals surface area contributed by atoms with Crippen LogP contribution in [0.25, 0.3) is 27.5 Å². The fraction of sp³-hybridized carbons (Fsp3) is 0.0323. The fourth-order valence-corrected chi connectivity index (χ4v) is 16.6. The molecule has 0 fully saturated rings. The summed E-state index contributed by atoms with van der Waals surface area (Å²) < 4.78 is 2.49. The van der Waals surface area contributed by atoms with Gasteiger partial charge in [-0.15, -0.1) is 0 Å². The molecule has 0 spiro atoms. The smallest absolute Gasteiger partial charge is 0.252 e. The van der Waals surface area contributed by atoms with Crippen molar-refractivity contribution >= 4 is 108 Å². The van der Waals surface area contributed by atoms with E-state index < -0.39 is 8.07 Å². The molecule has 316 valence electrons. The van der Waals surface area contributed by atoms with Gasteiger partial charge >= 0.3 is 0 Å². The summed E-state index contributed by atoms with van der Waals surface area (Å²) in [5.74, 6) is 0. The number of hydrogen-bond acceptors (Lipinski definition) is 2. The van der Waals surface area contributed by atoms with Crippen LogP contribution in [0.5, 0.6) is 0 Å². The molecule has 10 aromatic carbocycles. The highest BCUT2D eigenvalue weighted by Gasteiger charge is 2.47. The van der Waals surface area contributed by atoms with Gasteiger partial charge in [0.25, 0.3) is 6.71 Å². The van der Waals surface area contributed by atoms with E-state index in [4.69, 9.17) is 0 Å². The van der Waals surface area contributed by atoms with Gasteiger partial charge in [0.2, 0.25) is 0 Å². The van der Waals surface area contributed by atoms with Crippen molar-refractivity contribution in [3.63, 3.8) is 0 Å². The number of aryl methyl sites for hydroxylation is 2. The molecule has 0 N–H and O–H groups in total. The van der Waals surface area contributed by atoms with Gasteiger partial charge in [0.05, 0.1) is 22.4 Å². The van der Waals surface area contributed by atoms with Gasteiger partial charge in [0.15, 0.2) is 8.07 Å². The molecule has 67 heavy (non-hydrogen) atoms. The molecule has 11 aromatic rings. The molecule has 2 aliphatic rings. The van der Waals surface area contributed by atoms with Gasteiger partial charge in [0, 0.05) is 39.2 Å². The quantitative estimate of drug-likeness (QED) is 0.117. The Morgan fingerprint density at radius 2 is 0.821 bits per heavy atom. The van der Waals surface area contributed by atoms with Gasteiger partial charge in [-0.25, -0.2) is 0 Å². The van der Waals surface area contributed by atoms with Crippen LogP contribution in [0.1, 0.15) is 11.1 Å². The summed E-state index contributed by atoms with van der Waals surface area (Å²) in [6.07, 6.45) is 0. The fourth-order valence-electron chi connectivity index (χ4n) is 11.8. The van der Waals surface area contributed by atoms with E-state index in [0.717, 1.165) is 11.4 Å². The lowest BCUT2D eigenvalue weighted by atomic mass is 9.33. The molecule has 3 nitrogen and oxygen atoms in total. The van der Waals surface area contributed by atoms with Crippen LogP contribution < -0.4 is 46.9 Å². The standard InChI is InChI=1S/C62H46BN3Si/c1-43-22-21-23-44(2)62(43)66-58-39-38-50(67(47-26-9-4-10-27-47,48-28-11-5-12-29-48)49-30-13-6-14-31-49)42-54(58)63-53-34-17-20-37-57(53)64(45-24-7-3-8-25-45)59-40-46(41-60(66)61(59)63)65-55-35-18-15-32-51(55)52-33-16-19-36-56(52)65/h3-42H,1-2H3. The van der Waals surface area contributed by atoms with E-state index >= 15 is 0 Å². The molecule has 3 heterocycles. The maximum Gasteiger partial charge on any atom is 0.252 e. The molecule has 0 amide bonds. The number of rotatable bonds is 7. The Bertz CT molecular complexity index is 3510. The summed E-state index contributed by atoms with van der Waals surface area (Å²) in [4.78, 5) is 5.14. The molecule has 0 atom stereocenters. The topological polar surface area (TPSA) is 11.4 Å². The van der Waals surface area contributed by atoms with Crippen LogP contribution in [0.15, 0.2) is 243 Å². The normalized spacial score (nSPS) is 12.8. The van der Waals surface area contributed by atoms with Gasteiger partial charge < -0.3 is 14.4 Å². The molecule has 0 saturated carbocycles. The molecule has 5 heteroatoms. The Hall–Kier alpha value is -8.12. The van der Waals surface area contributed by atoms with Crippen LogP contribution in [0.3, 0.4) is 0 Å². The maximum atomic E-state index is 2.63. The summed E-state index contributed by atoms with van der Waals surface area (Å²) in [6, 6.07) is 91.1. The second kappa shape index (κ2) is 15.5. The van der Waals surface area contributed by atoms with Crippen molar-refractivity contribution in [2.75, 3.05) is 9.80 Å². The molecule has 0 radical (unpaired) electrons. The van der Waals surface area contributed by atoms with Crippen molar-refractivity contribution in [1.29, 1.82) is 0 Å². The van der Waals surface area contributed by atoms with E-state index in [1.54, 1.807) is 0 Å². The first kappa shape index (κ1) is 39.3. The van der Waals surface area contributed by atoms with E-state index in [1.165, 1.54) is 98.5 Å². The predicted octanol–water partition coefficient (Wildman–Crippen LogP) is 10.9. The van der Waals surface area contributed by atoms with Crippen molar-refractivity contribution in [1.82, 2.24) is 4.57 Å². The molecule has 0 bridgehead atoms. The van der Waals surface area contributed by atoms with E-state index in [9.17, 15) is 0 Å². The Labute approximate surface area is 393 Å². The number of benzene rings is 10. The van der Waals surface area contributed by atoms with Crippen molar-refractivity contribution in [2.45, 2.75) is 13.8 Å². The average molecular weight is 872 g/mol. The zero-order valence-corrected chi connectivity index (χ0v) is 38.5. The molecule has 1 aromatic heterocycles. The van der Waals surface area contributed by atoms with Crippen LogP contribution in [0.2, 0.25) is 0 Å². The zero-order valence-electron chi connectivity index (χ0n) is 37.5. The number of aromatic nitrogens is 1. The Morgan fingerprint density at radius 3 is 1.40 bits per heavy atom. The summed E-state index contributed by atoms with van der Waals surface area (Å²) in [6.45, 7) is 4.49. The minimum atomic E-state index is -2.90. The molecule has 13 rings (SSSR count). The van der Waals surface area contributed by atoms with Crippen molar-refractivity contribution in [2.24, 2.45) is 0 Å². The number of anilines is 6. The lowest BCUT2D eigenvalue weighted by Gasteiger charge is -2.45. The largest absolute Gasteiger partial charge is 0.311 e. The minimum absolute atomic E-state index is 0.0575. The van der Waals surface area contributed by atoms with E-state index in [2.05, 4.69) is 271 Å². The second-order valence-corrected chi connectivity index (χ2v) is 21.9. The van der Waals surface area contributed by atoms with Crippen molar-refractivity contribution < 1.29 is 0 Å². The van der Waals surface area contributed by atoms with Crippen molar-refractivity contribution in [3.05, 3.63) is 254 Å². The number of para-hydroxylation sites is 5.